The van der Waals surface area contributed by atoms with Crippen LogP contribution in [0.3, 0.4) is 0 Å². The number of hydrogen-bond donors (Lipinski definition) is 0. The van der Waals surface area contributed by atoms with Crippen LogP contribution in [-0.2, 0) is 0 Å². The number of carbonyl (C=O) groups is 1. The highest BCUT2D eigenvalue weighted by molar-refractivity contribution is 7.22. The molecule has 140 valence electrons. The van der Waals surface area contributed by atoms with Crippen LogP contribution >= 0.6 is 22.9 Å². The largest absolute Gasteiger partial charge is 0.345 e. The van der Waals surface area contributed by atoms with E-state index in [9.17, 15) is 4.79 Å². The van der Waals surface area contributed by atoms with Gasteiger partial charge in [0.15, 0.2) is 5.13 Å². The van der Waals surface area contributed by atoms with Gasteiger partial charge < -0.3 is 9.80 Å². The van der Waals surface area contributed by atoms with Crippen molar-refractivity contribution in [3.63, 3.8) is 0 Å². The second-order valence-electron chi connectivity index (χ2n) is 6.65. The Hall–Kier alpha value is -2.77. The molecule has 3 heterocycles. The van der Waals surface area contributed by atoms with Crippen LogP contribution in [0, 0.1) is 0 Å². The van der Waals surface area contributed by atoms with Gasteiger partial charge in [-0.3, -0.25) is 14.8 Å². The molecule has 2 aromatic heterocycles. The van der Waals surface area contributed by atoms with Gasteiger partial charge in [0.2, 0.25) is 0 Å². The fourth-order valence-corrected chi connectivity index (χ4v) is 4.69. The van der Waals surface area contributed by atoms with Crippen molar-refractivity contribution in [3.05, 3.63) is 59.4 Å². The lowest BCUT2D eigenvalue weighted by Gasteiger charge is -2.34. The maximum atomic E-state index is 12.9. The fourth-order valence-electron chi connectivity index (χ4n) is 3.40. The molecule has 4 aromatic rings. The van der Waals surface area contributed by atoms with Crippen LogP contribution in [0.4, 0.5) is 5.13 Å². The van der Waals surface area contributed by atoms with Crippen LogP contribution in [0.25, 0.3) is 21.3 Å². The number of thiazole rings is 1. The van der Waals surface area contributed by atoms with Gasteiger partial charge in [-0.05, 0) is 36.4 Å². The first-order valence-corrected chi connectivity index (χ1v) is 10.2. The first-order valence-electron chi connectivity index (χ1n) is 8.98. The topological polar surface area (TPSA) is 62.2 Å². The van der Waals surface area contributed by atoms with E-state index in [1.165, 1.54) is 0 Å². The van der Waals surface area contributed by atoms with E-state index in [1.807, 2.05) is 41.3 Å². The number of benzene rings is 2. The second-order valence-corrected chi connectivity index (χ2v) is 8.09. The first-order chi connectivity index (χ1) is 13.7. The van der Waals surface area contributed by atoms with Gasteiger partial charge in [0.25, 0.3) is 5.91 Å². The van der Waals surface area contributed by atoms with E-state index in [1.54, 1.807) is 23.7 Å². The van der Waals surface area contributed by atoms with Crippen LogP contribution in [0.15, 0.2) is 48.8 Å². The van der Waals surface area contributed by atoms with Gasteiger partial charge in [0.05, 0.1) is 21.3 Å². The second kappa shape index (κ2) is 7.00. The molecule has 28 heavy (non-hydrogen) atoms. The van der Waals surface area contributed by atoms with E-state index in [4.69, 9.17) is 16.6 Å². The number of piperazine rings is 1. The Morgan fingerprint density at radius 3 is 2.50 bits per heavy atom. The van der Waals surface area contributed by atoms with Crippen LogP contribution in [0.1, 0.15) is 10.4 Å². The monoisotopic (exact) mass is 409 g/mol. The van der Waals surface area contributed by atoms with Gasteiger partial charge in [-0.25, -0.2) is 4.98 Å². The van der Waals surface area contributed by atoms with Crippen molar-refractivity contribution in [3.8, 4) is 0 Å². The summed E-state index contributed by atoms with van der Waals surface area (Å²) < 4.78 is 1.08. The molecular weight excluding hydrogens is 394 g/mol. The number of halogens is 1. The van der Waals surface area contributed by atoms with Gasteiger partial charge in [-0.2, -0.15) is 0 Å². The molecule has 0 bridgehead atoms. The molecule has 1 aliphatic heterocycles. The Bertz CT molecular complexity index is 1190. The van der Waals surface area contributed by atoms with Crippen LogP contribution in [0.5, 0.6) is 0 Å². The quantitative estimate of drug-likeness (QED) is 0.503. The van der Waals surface area contributed by atoms with E-state index in [0.29, 0.717) is 18.7 Å². The molecule has 6 nitrogen and oxygen atoms in total. The summed E-state index contributed by atoms with van der Waals surface area (Å²) in [5, 5.41) is 1.70. The van der Waals surface area contributed by atoms with Crippen molar-refractivity contribution in [2.24, 2.45) is 0 Å². The van der Waals surface area contributed by atoms with Gasteiger partial charge in [0, 0.05) is 49.2 Å². The van der Waals surface area contributed by atoms with E-state index in [0.717, 1.165) is 44.5 Å². The maximum Gasteiger partial charge on any atom is 0.254 e. The molecule has 1 aliphatic rings. The lowest BCUT2D eigenvalue weighted by Crippen LogP contribution is -2.48. The highest BCUT2D eigenvalue weighted by Gasteiger charge is 2.24. The van der Waals surface area contributed by atoms with Crippen LogP contribution < -0.4 is 4.90 Å². The average Bonchev–Trinajstić information content (AvgIpc) is 3.16. The maximum absolute atomic E-state index is 12.9. The van der Waals surface area contributed by atoms with Crippen molar-refractivity contribution in [1.29, 1.82) is 0 Å². The van der Waals surface area contributed by atoms with Crippen molar-refractivity contribution in [2.45, 2.75) is 0 Å². The molecule has 0 saturated carbocycles. The minimum Gasteiger partial charge on any atom is -0.345 e. The number of nitrogens with zero attached hydrogens (tertiary/aromatic N) is 5. The number of aromatic nitrogens is 3. The molecule has 0 aliphatic carbocycles. The van der Waals surface area contributed by atoms with Crippen LogP contribution in [-0.4, -0.2) is 51.9 Å². The SMILES string of the molecule is O=C(c1ccc2nccnc2c1)N1CCN(c2nc3ccc(Cl)cc3s2)CC1. The number of fused-ring (bicyclic) bond motifs is 2. The number of anilines is 1. The highest BCUT2D eigenvalue weighted by Crippen LogP contribution is 2.31. The van der Waals surface area contributed by atoms with Crippen molar-refractivity contribution in [2.75, 3.05) is 31.1 Å². The predicted molar refractivity (Wildman–Crippen MR) is 112 cm³/mol. The summed E-state index contributed by atoms with van der Waals surface area (Å²) >= 11 is 7.71. The van der Waals surface area contributed by atoms with Gasteiger partial charge in [-0.15, -0.1) is 0 Å². The van der Waals surface area contributed by atoms with Gasteiger partial charge in [-0.1, -0.05) is 22.9 Å². The number of amides is 1. The minimum absolute atomic E-state index is 0.0308. The molecular formula is C20H16ClN5OS. The molecule has 1 fully saturated rings. The third kappa shape index (κ3) is 3.16. The molecule has 0 unspecified atom stereocenters. The summed E-state index contributed by atoms with van der Waals surface area (Å²) in [7, 11) is 0. The van der Waals surface area contributed by atoms with Gasteiger partial charge >= 0.3 is 0 Å². The molecule has 2 aromatic carbocycles. The molecule has 0 N–H and O–H groups in total. The number of hydrogen-bond acceptors (Lipinski definition) is 6. The summed E-state index contributed by atoms with van der Waals surface area (Å²) in [6.07, 6.45) is 3.29. The lowest BCUT2D eigenvalue weighted by molar-refractivity contribution is 0.0747. The summed E-state index contributed by atoms with van der Waals surface area (Å²) in [4.78, 5) is 30.3. The number of rotatable bonds is 2. The summed E-state index contributed by atoms with van der Waals surface area (Å²) in [6.45, 7) is 2.83. The molecule has 0 atom stereocenters. The summed E-state index contributed by atoms with van der Waals surface area (Å²) in [5.74, 6) is 0.0308. The molecule has 8 heteroatoms. The Balaban J connectivity index is 1.30. The zero-order valence-corrected chi connectivity index (χ0v) is 16.5. The minimum atomic E-state index is 0.0308. The predicted octanol–water partition coefficient (Wildman–Crippen LogP) is 3.86. The molecule has 0 radical (unpaired) electrons. The van der Waals surface area contributed by atoms with E-state index >= 15 is 0 Å². The van der Waals surface area contributed by atoms with E-state index in [-0.39, 0.29) is 5.91 Å². The molecule has 0 spiro atoms. The summed E-state index contributed by atoms with van der Waals surface area (Å²) in [6, 6.07) is 11.2. The molecule has 5 rings (SSSR count). The van der Waals surface area contributed by atoms with Crippen molar-refractivity contribution in [1.82, 2.24) is 19.9 Å². The lowest BCUT2D eigenvalue weighted by atomic mass is 10.1. The smallest absolute Gasteiger partial charge is 0.254 e. The standard InChI is InChI=1S/C20H16ClN5OS/c21-14-2-4-16-18(12-14)28-20(24-16)26-9-7-25(8-10-26)19(27)13-1-3-15-17(11-13)23-6-5-22-15/h1-6,11-12H,7-10H2. The zero-order chi connectivity index (χ0) is 19.1. The van der Waals surface area contributed by atoms with Crippen molar-refractivity contribution >= 4 is 55.2 Å². The normalized spacial score (nSPS) is 14.8. The number of carbonyl (C=O) groups excluding carboxylic acids is 1. The zero-order valence-electron chi connectivity index (χ0n) is 14.9. The Kier molecular flexibility index (Phi) is 4.33. The Labute approximate surface area is 170 Å². The average molecular weight is 410 g/mol. The third-order valence-corrected chi connectivity index (χ3v) is 6.21. The van der Waals surface area contributed by atoms with E-state index in [2.05, 4.69) is 14.9 Å². The Morgan fingerprint density at radius 1 is 0.929 bits per heavy atom. The first kappa shape index (κ1) is 17.3. The molecule has 1 amide bonds. The van der Waals surface area contributed by atoms with Crippen molar-refractivity contribution < 1.29 is 4.79 Å². The highest BCUT2D eigenvalue weighted by atomic mass is 35.5. The van der Waals surface area contributed by atoms with Gasteiger partial charge in [0.1, 0.15) is 0 Å². The molecule has 1 saturated heterocycles. The third-order valence-electron chi connectivity index (χ3n) is 4.89. The van der Waals surface area contributed by atoms with Crippen LogP contribution in [0.2, 0.25) is 5.02 Å². The fraction of sp³-hybridized carbons (Fsp3) is 0.200. The Morgan fingerprint density at radius 2 is 1.68 bits per heavy atom. The van der Waals surface area contributed by atoms with E-state index < -0.39 is 0 Å². The summed E-state index contributed by atoms with van der Waals surface area (Å²) in [5.41, 5.74) is 3.14.